The number of hydrogen-bond acceptors (Lipinski definition) is 2. The van der Waals surface area contributed by atoms with Gasteiger partial charge in [0, 0.05) is 4.90 Å². The van der Waals surface area contributed by atoms with Gasteiger partial charge in [-0.3, -0.25) is 0 Å². The molecule has 0 atom stereocenters. The zero-order valence-electron chi connectivity index (χ0n) is 12.3. The Morgan fingerprint density at radius 2 is 1.70 bits per heavy atom. The fourth-order valence-electron chi connectivity index (χ4n) is 3.60. The summed E-state index contributed by atoms with van der Waals surface area (Å²) < 4.78 is 12.6. The Kier molecular flexibility index (Phi) is 4.75. The molecule has 0 amide bonds. The SMILES string of the molecule is CCCC1(CCC)CC(C#N)(Sc2ccc(F)cc2)C1. The maximum absolute atomic E-state index is 12.9. The summed E-state index contributed by atoms with van der Waals surface area (Å²) in [5, 5.41) is 9.58. The first kappa shape index (κ1) is 15.4. The third kappa shape index (κ3) is 3.17. The van der Waals surface area contributed by atoms with E-state index in [2.05, 4.69) is 19.9 Å². The van der Waals surface area contributed by atoms with E-state index in [0.717, 1.165) is 17.7 Å². The van der Waals surface area contributed by atoms with Gasteiger partial charge in [0.25, 0.3) is 0 Å². The van der Waals surface area contributed by atoms with Crippen LogP contribution in [0.15, 0.2) is 29.2 Å². The summed E-state index contributed by atoms with van der Waals surface area (Å²) in [4.78, 5) is 0.995. The quantitative estimate of drug-likeness (QED) is 0.685. The molecule has 0 radical (unpaired) electrons. The van der Waals surface area contributed by atoms with Gasteiger partial charge in [0.15, 0.2) is 0 Å². The molecule has 0 aromatic heterocycles. The summed E-state index contributed by atoms with van der Waals surface area (Å²) in [6.45, 7) is 4.44. The Morgan fingerprint density at radius 1 is 1.15 bits per heavy atom. The number of thioether (sulfide) groups is 1. The van der Waals surface area contributed by atoms with Crippen LogP contribution in [-0.2, 0) is 0 Å². The summed E-state index contributed by atoms with van der Waals surface area (Å²) in [6.07, 6.45) is 6.74. The monoisotopic (exact) mass is 291 g/mol. The molecule has 0 aliphatic heterocycles. The van der Waals surface area contributed by atoms with Gasteiger partial charge in [-0.05, 0) is 55.4 Å². The first-order chi connectivity index (χ1) is 9.57. The number of rotatable bonds is 6. The zero-order chi connectivity index (χ0) is 14.6. The molecule has 1 aromatic rings. The van der Waals surface area contributed by atoms with Gasteiger partial charge < -0.3 is 0 Å². The van der Waals surface area contributed by atoms with Crippen molar-refractivity contribution in [3.63, 3.8) is 0 Å². The molecule has 1 saturated carbocycles. The molecule has 0 unspecified atom stereocenters. The minimum atomic E-state index is -0.303. The fraction of sp³-hybridized carbons (Fsp3) is 0.588. The average Bonchev–Trinajstić information content (AvgIpc) is 2.40. The Balaban J connectivity index is 2.06. The highest BCUT2D eigenvalue weighted by atomic mass is 32.2. The predicted molar refractivity (Wildman–Crippen MR) is 82.1 cm³/mol. The van der Waals surface area contributed by atoms with Crippen molar-refractivity contribution < 1.29 is 4.39 Å². The van der Waals surface area contributed by atoms with Gasteiger partial charge in [0.1, 0.15) is 10.6 Å². The maximum Gasteiger partial charge on any atom is 0.123 e. The smallest absolute Gasteiger partial charge is 0.123 e. The second kappa shape index (κ2) is 6.18. The third-order valence-electron chi connectivity index (χ3n) is 4.21. The van der Waals surface area contributed by atoms with Crippen LogP contribution in [0.1, 0.15) is 52.4 Å². The number of hydrogen-bond donors (Lipinski definition) is 0. The Morgan fingerprint density at radius 3 is 2.15 bits per heavy atom. The molecule has 3 heteroatoms. The topological polar surface area (TPSA) is 23.8 Å². The van der Waals surface area contributed by atoms with Crippen LogP contribution in [0.2, 0.25) is 0 Å². The van der Waals surface area contributed by atoms with E-state index in [1.54, 1.807) is 23.9 Å². The van der Waals surface area contributed by atoms with Crippen molar-refractivity contribution >= 4 is 11.8 Å². The van der Waals surface area contributed by atoms with Gasteiger partial charge in [-0.1, -0.05) is 26.7 Å². The predicted octanol–water partition coefficient (Wildman–Crippen LogP) is 5.56. The van der Waals surface area contributed by atoms with E-state index >= 15 is 0 Å². The standard InChI is InChI=1S/C17H22FNS/c1-3-9-16(10-4-2)11-17(12-16,13-19)20-15-7-5-14(18)6-8-15/h5-8H,3-4,9-12H2,1-2H3. The first-order valence-electron chi connectivity index (χ1n) is 7.43. The van der Waals surface area contributed by atoms with Crippen LogP contribution in [0.25, 0.3) is 0 Å². The van der Waals surface area contributed by atoms with Gasteiger partial charge in [-0.25, -0.2) is 4.39 Å². The second-order valence-corrected chi connectivity index (χ2v) is 7.47. The number of nitrogens with zero attached hydrogens (tertiary/aromatic N) is 1. The number of halogens is 1. The minimum absolute atomic E-state index is 0.222. The van der Waals surface area contributed by atoms with Crippen LogP contribution >= 0.6 is 11.8 Å². The molecule has 0 bridgehead atoms. The molecule has 1 aliphatic carbocycles. The molecule has 1 nitrogen and oxygen atoms in total. The molecule has 0 N–H and O–H groups in total. The Labute approximate surface area is 125 Å². The van der Waals surface area contributed by atoms with Crippen LogP contribution in [0.5, 0.6) is 0 Å². The van der Waals surface area contributed by atoms with Gasteiger partial charge in [-0.2, -0.15) is 5.26 Å². The summed E-state index contributed by atoms with van der Waals surface area (Å²) in [6, 6.07) is 9.01. The molecule has 108 valence electrons. The molecule has 1 fully saturated rings. The van der Waals surface area contributed by atoms with Crippen LogP contribution in [0, 0.1) is 22.6 Å². The Hall–Kier alpha value is -1.01. The highest BCUT2D eigenvalue weighted by Gasteiger charge is 2.54. The van der Waals surface area contributed by atoms with Crippen molar-refractivity contribution in [3.05, 3.63) is 30.1 Å². The van der Waals surface area contributed by atoms with E-state index in [4.69, 9.17) is 0 Å². The van der Waals surface area contributed by atoms with Crippen molar-refractivity contribution in [3.8, 4) is 6.07 Å². The lowest BCUT2D eigenvalue weighted by molar-refractivity contribution is 0.0831. The normalized spacial score (nSPS) is 19.1. The lowest BCUT2D eigenvalue weighted by Crippen LogP contribution is -2.48. The summed E-state index contributed by atoms with van der Waals surface area (Å²) >= 11 is 1.61. The molecule has 20 heavy (non-hydrogen) atoms. The molecule has 1 aromatic carbocycles. The van der Waals surface area contributed by atoms with Gasteiger partial charge in [0.2, 0.25) is 0 Å². The highest BCUT2D eigenvalue weighted by molar-refractivity contribution is 8.01. The van der Waals surface area contributed by atoms with E-state index in [1.807, 2.05) is 0 Å². The molecule has 0 heterocycles. The van der Waals surface area contributed by atoms with Crippen molar-refractivity contribution in [2.24, 2.45) is 5.41 Å². The first-order valence-corrected chi connectivity index (χ1v) is 8.24. The molecule has 2 rings (SSSR count). The third-order valence-corrected chi connectivity index (χ3v) is 5.49. The van der Waals surface area contributed by atoms with E-state index in [1.165, 1.54) is 37.8 Å². The lowest BCUT2D eigenvalue weighted by atomic mass is 9.58. The van der Waals surface area contributed by atoms with E-state index < -0.39 is 0 Å². The molecular weight excluding hydrogens is 269 g/mol. The van der Waals surface area contributed by atoms with Gasteiger partial charge in [0.05, 0.1) is 6.07 Å². The lowest BCUT2D eigenvalue weighted by Gasteiger charge is -2.53. The van der Waals surface area contributed by atoms with Crippen LogP contribution in [-0.4, -0.2) is 4.75 Å². The van der Waals surface area contributed by atoms with Gasteiger partial charge in [-0.15, -0.1) is 11.8 Å². The van der Waals surface area contributed by atoms with E-state index in [0.29, 0.717) is 5.41 Å². The minimum Gasteiger partial charge on any atom is -0.207 e. The van der Waals surface area contributed by atoms with Crippen LogP contribution in [0.3, 0.4) is 0 Å². The number of nitriles is 1. The zero-order valence-corrected chi connectivity index (χ0v) is 13.1. The van der Waals surface area contributed by atoms with Gasteiger partial charge >= 0.3 is 0 Å². The fourth-order valence-corrected chi connectivity index (χ4v) is 5.13. The van der Waals surface area contributed by atoms with E-state index in [-0.39, 0.29) is 10.6 Å². The van der Waals surface area contributed by atoms with Crippen LogP contribution in [0.4, 0.5) is 4.39 Å². The maximum atomic E-state index is 12.9. The molecule has 1 aliphatic rings. The van der Waals surface area contributed by atoms with Crippen LogP contribution < -0.4 is 0 Å². The Bertz CT molecular complexity index is 475. The average molecular weight is 291 g/mol. The van der Waals surface area contributed by atoms with Crippen molar-refractivity contribution in [1.82, 2.24) is 0 Å². The summed E-state index contributed by atoms with van der Waals surface area (Å²) in [7, 11) is 0. The highest BCUT2D eigenvalue weighted by Crippen LogP contribution is 2.61. The van der Waals surface area contributed by atoms with Crippen molar-refractivity contribution in [2.75, 3.05) is 0 Å². The van der Waals surface area contributed by atoms with Crippen molar-refractivity contribution in [2.45, 2.75) is 62.0 Å². The summed E-state index contributed by atoms with van der Waals surface area (Å²) in [5.41, 5.74) is 0.367. The summed E-state index contributed by atoms with van der Waals surface area (Å²) in [5.74, 6) is -0.222. The van der Waals surface area contributed by atoms with Crippen molar-refractivity contribution in [1.29, 1.82) is 5.26 Å². The molecule has 0 spiro atoms. The molecule has 0 saturated heterocycles. The van der Waals surface area contributed by atoms with E-state index in [9.17, 15) is 9.65 Å². The largest absolute Gasteiger partial charge is 0.207 e. The molecular formula is C17H22FNS. The number of benzene rings is 1. The second-order valence-electron chi connectivity index (χ2n) is 6.02.